The van der Waals surface area contributed by atoms with E-state index < -0.39 is 0 Å². The second-order valence-electron chi connectivity index (χ2n) is 4.26. The molecule has 1 rings (SSSR count). The summed E-state index contributed by atoms with van der Waals surface area (Å²) in [6, 6.07) is 3.34. The quantitative estimate of drug-likeness (QED) is 0.344. The third-order valence-corrected chi connectivity index (χ3v) is 2.21. The Morgan fingerprint density at radius 1 is 1.55 bits per heavy atom. The summed E-state index contributed by atoms with van der Waals surface area (Å²) in [5, 5.41) is 4.03. The van der Waals surface area contributed by atoms with E-state index in [1.807, 2.05) is 0 Å². The zero-order valence-corrected chi connectivity index (χ0v) is 12.4. The molecular formula is C12H17N5O2S. The lowest BCUT2D eigenvalue weighted by atomic mass is 10.2. The maximum atomic E-state index is 11.5. The molecule has 0 amide bonds. The molecule has 0 saturated carbocycles. The molecular weight excluding hydrogens is 278 g/mol. The van der Waals surface area contributed by atoms with E-state index >= 15 is 0 Å². The summed E-state index contributed by atoms with van der Waals surface area (Å²) in [6.45, 7) is 1.96. The molecule has 0 saturated heterocycles. The summed E-state index contributed by atoms with van der Waals surface area (Å²) in [5.41, 5.74) is 8.99. The van der Waals surface area contributed by atoms with Crippen LogP contribution in [-0.4, -0.2) is 47.3 Å². The Labute approximate surface area is 122 Å². The maximum absolute atomic E-state index is 11.5. The normalized spacial score (nSPS) is 11.3. The Balaban J connectivity index is 2.66. The maximum Gasteiger partial charge on any atom is 0.325 e. The number of nitrogens with two attached hydrogens (primary N) is 1. The number of esters is 1. The number of nitrogens with one attached hydrogen (secondary N) is 1. The van der Waals surface area contributed by atoms with Crippen molar-refractivity contribution in [3.8, 4) is 5.75 Å². The molecule has 1 heterocycles. The average Bonchev–Trinajstić information content (AvgIpc) is 2.35. The minimum atomic E-state index is -0.343. The summed E-state index contributed by atoms with van der Waals surface area (Å²) in [4.78, 5) is 17.3. The molecule has 1 aromatic heterocycles. The van der Waals surface area contributed by atoms with Gasteiger partial charge >= 0.3 is 5.97 Å². The predicted molar refractivity (Wildman–Crippen MR) is 80.6 cm³/mol. The first-order valence-electron chi connectivity index (χ1n) is 5.80. The number of carbonyl (C=O) groups is 1. The Morgan fingerprint density at radius 2 is 2.25 bits per heavy atom. The minimum Gasteiger partial charge on any atom is -0.424 e. The number of hydrogen-bond donors (Lipinski definition) is 2. The molecule has 7 nitrogen and oxygen atoms in total. The molecule has 0 fully saturated rings. The smallest absolute Gasteiger partial charge is 0.325 e. The minimum absolute atomic E-state index is 0.0820. The van der Waals surface area contributed by atoms with Gasteiger partial charge in [0.1, 0.15) is 5.75 Å². The molecule has 0 unspecified atom stereocenters. The van der Waals surface area contributed by atoms with Gasteiger partial charge in [-0.1, -0.05) is 0 Å². The van der Waals surface area contributed by atoms with Crippen LogP contribution in [0, 0.1) is 0 Å². The van der Waals surface area contributed by atoms with E-state index in [-0.39, 0.29) is 17.6 Å². The van der Waals surface area contributed by atoms with Gasteiger partial charge in [-0.3, -0.25) is 20.1 Å². The molecule has 0 aliphatic carbocycles. The number of aromatic nitrogens is 1. The number of ether oxygens (including phenoxy) is 1. The fraction of sp³-hybridized carbons (Fsp3) is 0.333. The fourth-order valence-corrected chi connectivity index (χ4v) is 1.32. The lowest BCUT2D eigenvalue weighted by Crippen LogP contribution is -2.25. The molecule has 8 heteroatoms. The molecule has 0 atom stereocenters. The van der Waals surface area contributed by atoms with Crippen LogP contribution in [0.25, 0.3) is 0 Å². The molecule has 0 radical (unpaired) electrons. The summed E-state index contributed by atoms with van der Waals surface area (Å²) in [5.74, 6) is 0.0424. The highest BCUT2D eigenvalue weighted by molar-refractivity contribution is 7.80. The standard InChI is InChI=1S/C12H17N5O2S/c1-8(15-16-12(13)20)10-5-4-9(6-14-10)19-11(18)7-17(2)3/h4-6H,7H2,1-3H3,(H3,13,16,20)/b15-8+. The average molecular weight is 295 g/mol. The van der Waals surface area contributed by atoms with Crippen LogP contribution in [0.3, 0.4) is 0 Å². The number of hydrogen-bond acceptors (Lipinski definition) is 6. The van der Waals surface area contributed by atoms with Gasteiger partial charge in [0.05, 0.1) is 24.1 Å². The van der Waals surface area contributed by atoms with E-state index in [1.165, 1.54) is 6.20 Å². The molecule has 1 aromatic rings. The van der Waals surface area contributed by atoms with E-state index in [9.17, 15) is 4.79 Å². The van der Waals surface area contributed by atoms with Gasteiger partial charge in [0, 0.05) is 0 Å². The van der Waals surface area contributed by atoms with Crippen LogP contribution in [0.2, 0.25) is 0 Å². The van der Waals surface area contributed by atoms with E-state index in [2.05, 4.69) is 27.7 Å². The first-order chi connectivity index (χ1) is 9.38. The van der Waals surface area contributed by atoms with Gasteiger partial charge in [0.2, 0.25) is 0 Å². The van der Waals surface area contributed by atoms with Crippen LogP contribution in [0.4, 0.5) is 0 Å². The zero-order valence-electron chi connectivity index (χ0n) is 11.6. The van der Waals surface area contributed by atoms with Crippen LogP contribution < -0.4 is 15.9 Å². The van der Waals surface area contributed by atoms with Gasteiger partial charge in [-0.15, -0.1) is 0 Å². The van der Waals surface area contributed by atoms with Gasteiger partial charge < -0.3 is 10.5 Å². The van der Waals surface area contributed by atoms with E-state index in [0.29, 0.717) is 17.2 Å². The van der Waals surface area contributed by atoms with Crippen molar-refractivity contribution in [1.29, 1.82) is 0 Å². The molecule has 108 valence electrons. The highest BCUT2D eigenvalue weighted by Gasteiger charge is 2.07. The lowest BCUT2D eigenvalue weighted by Gasteiger charge is -2.09. The van der Waals surface area contributed by atoms with E-state index in [1.54, 1.807) is 38.1 Å². The van der Waals surface area contributed by atoms with E-state index in [0.717, 1.165) is 0 Å². The van der Waals surface area contributed by atoms with Gasteiger partial charge in [0.25, 0.3) is 0 Å². The molecule has 0 bridgehead atoms. The van der Waals surface area contributed by atoms with Crippen LogP contribution in [-0.2, 0) is 4.79 Å². The Hall–Kier alpha value is -2.06. The number of likely N-dealkylation sites (N-methyl/N-ethyl adjacent to an activating group) is 1. The number of hydrazone groups is 1. The van der Waals surface area contributed by atoms with Crippen LogP contribution in [0.1, 0.15) is 12.6 Å². The van der Waals surface area contributed by atoms with Crippen molar-refractivity contribution >= 4 is 29.0 Å². The summed E-state index contributed by atoms with van der Waals surface area (Å²) >= 11 is 4.64. The van der Waals surface area contributed by atoms with Crippen LogP contribution >= 0.6 is 12.2 Å². The van der Waals surface area contributed by atoms with Gasteiger partial charge in [-0.05, 0) is 45.4 Å². The topological polar surface area (TPSA) is 92.8 Å². The van der Waals surface area contributed by atoms with Crippen molar-refractivity contribution < 1.29 is 9.53 Å². The van der Waals surface area contributed by atoms with Crippen molar-refractivity contribution in [3.63, 3.8) is 0 Å². The number of thiocarbonyl (C=S) groups is 1. The van der Waals surface area contributed by atoms with Crippen LogP contribution in [0.5, 0.6) is 5.75 Å². The molecule has 3 N–H and O–H groups in total. The number of rotatable bonds is 5. The number of carbonyl (C=O) groups excluding carboxylic acids is 1. The Bertz CT molecular complexity index is 513. The van der Waals surface area contributed by atoms with Gasteiger partial charge in [0.15, 0.2) is 5.11 Å². The second-order valence-corrected chi connectivity index (χ2v) is 4.70. The molecule has 0 aliphatic heterocycles. The Kier molecular flexibility index (Phi) is 6.01. The largest absolute Gasteiger partial charge is 0.424 e. The molecule has 0 spiro atoms. The fourth-order valence-electron chi connectivity index (χ4n) is 1.27. The summed E-state index contributed by atoms with van der Waals surface area (Å²) < 4.78 is 5.12. The van der Waals surface area contributed by atoms with Crippen molar-refractivity contribution in [2.24, 2.45) is 10.8 Å². The number of nitrogens with zero attached hydrogens (tertiary/aromatic N) is 3. The first kappa shape index (κ1) is 16.0. The van der Waals surface area contributed by atoms with Gasteiger partial charge in [-0.25, -0.2) is 0 Å². The SMILES string of the molecule is C/C(=N\NC(N)=S)c1ccc(OC(=O)CN(C)C)cn1. The van der Waals surface area contributed by atoms with Gasteiger partial charge in [-0.2, -0.15) is 5.10 Å². The lowest BCUT2D eigenvalue weighted by molar-refractivity contribution is -0.135. The predicted octanol–water partition coefficient (Wildman–Crippen LogP) is 0.106. The third kappa shape index (κ3) is 5.72. The van der Waals surface area contributed by atoms with Crippen molar-refractivity contribution in [3.05, 3.63) is 24.0 Å². The monoisotopic (exact) mass is 295 g/mol. The highest BCUT2D eigenvalue weighted by atomic mass is 32.1. The van der Waals surface area contributed by atoms with Crippen molar-refractivity contribution in [2.75, 3.05) is 20.6 Å². The third-order valence-electron chi connectivity index (χ3n) is 2.12. The summed E-state index contributed by atoms with van der Waals surface area (Å²) in [6.07, 6.45) is 1.46. The zero-order chi connectivity index (χ0) is 15.1. The van der Waals surface area contributed by atoms with E-state index in [4.69, 9.17) is 10.5 Å². The first-order valence-corrected chi connectivity index (χ1v) is 6.21. The highest BCUT2D eigenvalue weighted by Crippen LogP contribution is 2.10. The summed E-state index contributed by atoms with van der Waals surface area (Å²) in [7, 11) is 3.58. The second kappa shape index (κ2) is 7.51. The molecule has 20 heavy (non-hydrogen) atoms. The van der Waals surface area contributed by atoms with Crippen molar-refractivity contribution in [1.82, 2.24) is 15.3 Å². The molecule has 0 aliphatic rings. The van der Waals surface area contributed by atoms with Crippen molar-refractivity contribution in [2.45, 2.75) is 6.92 Å². The Morgan fingerprint density at radius 3 is 2.75 bits per heavy atom. The number of pyridine rings is 1. The van der Waals surface area contributed by atoms with Crippen LogP contribution in [0.15, 0.2) is 23.4 Å². The molecule has 0 aromatic carbocycles.